The zero-order chi connectivity index (χ0) is 15.4. The minimum atomic E-state index is 0.844. The average Bonchev–Trinajstić information content (AvgIpc) is 2.52. The monoisotopic (exact) mass is 380 g/mol. The summed E-state index contributed by atoms with van der Waals surface area (Å²) in [5, 5.41) is 0.844. The van der Waals surface area contributed by atoms with Crippen molar-refractivity contribution < 1.29 is 9.80 Å². The first-order valence-corrected chi connectivity index (χ1v) is 9.02. The van der Waals surface area contributed by atoms with E-state index in [0.717, 1.165) is 22.6 Å². The summed E-state index contributed by atoms with van der Waals surface area (Å²) in [7, 11) is 0. The van der Waals surface area contributed by atoms with Crippen molar-refractivity contribution in [2.24, 2.45) is 0 Å². The van der Waals surface area contributed by atoms with Crippen LogP contribution in [0.1, 0.15) is 11.1 Å². The normalized spacial score (nSPS) is 21.7. The van der Waals surface area contributed by atoms with E-state index in [9.17, 15) is 0 Å². The predicted octanol–water partition coefficient (Wildman–Crippen LogP) is 1.59. The van der Waals surface area contributed by atoms with Gasteiger partial charge in [-0.3, -0.25) is 0 Å². The van der Waals surface area contributed by atoms with Crippen molar-refractivity contribution in [2.75, 3.05) is 26.2 Å². The summed E-state index contributed by atoms with van der Waals surface area (Å²) < 4.78 is 1.15. The number of quaternary nitrogens is 2. The number of benzene rings is 2. The molecule has 0 bridgehead atoms. The van der Waals surface area contributed by atoms with Crippen molar-refractivity contribution in [3.63, 3.8) is 0 Å². The van der Waals surface area contributed by atoms with E-state index in [2.05, 4.69) is 52.3 Å². The first-order valence-electron chi connectivity index (χ1n) is 7.85. The van der Waals surface area contributed by atoms with Gasteiger partial charge in [0.1, 0.15) is 39.3 Å². The molecule has 22 heavy (non-hydrogen) atoms. The van der Waals surface area contributed by atoms with E-state index in [-0.39, 0.29) is 0 Å². The Bertz CT molecular complexity index is 607. The largest absolute Gasteiger partial charge is 0.322 e. The molecule has 1 saturated heterocycles. The van der Waals surface area contributed by atoms with E-state index < -0.39 is 0 Å². The van der Waals surface area contributed by atoms with E-state index in [1.165, 1.54) is 37.3 Å². The lowest BCUT2D eigenvalue weighted by Crippen LogP contribution is -3.27. The summed E-state index contributed by atoms with van der Waals surface area (Å²) in [6, 6.07) is 17.0. The van der Waals surface area contributed by atoms with Crippen LogP contribution in [0.5, 0.6) is 0 Å². The fourth-order valence-electron chi connectivity index (χ4n) is 3.14. The minimum absolute atomic E-state index is 0.844. The molecule has 0 atom stereocenters. The van der Waals surface area contributed by atoms with E-state index in [4.69, 9.17) is 11.6 Å². The van der Waals surface area contributed by atoms with E-state index in [1.807, 2.05) is 12.1 Å². The van der Waals surface area contributed by atoms with Crippen molar-refractivity contribution in [3.05, 3.63) is 69.2 Å². The van der Waals surface area contributed by atoms with Gasteiger partial charge in [0.2, 0.25) is 0 Å². The molecule has 0 amide bonds. The van der Waals surface area contributed by atoms with Crippen LogP contribution in [-0.2, 0) is 13.1 Å². The standard InChI is InChI=1S/C18H20BrClN2/c19-17-6-4-15(5-7-17)13-21-8-10-22(11-9-21)14-16-2-1-3-18(20)12-16/h1-7,12H,8-11,13-14H2/p+2. The van der Waals surface area contributed by atoms with Crippen LogP contribution < -0.4 is 9.80 Å². The molecule has 0 aromatic heterocycles. The third-order valence-corrected chi connectivity index (χ3v) is 5.14. The van der Waals surface area contributed by atoms with E-state index >= 15 is 0 Å². The second-order valence-corrected chi connectivity index (χ2v) is 7.46. The Morgan fingerprint density at radius 3 is 2.00 bits per heavy atom. The molecular weight excluding hydrogens is 360 g/mol. The van der Waals surface area contributed by atoms with Gasteiger partial charge in [0.25, 0.3) is 0 Å². The second-order valence-electron chi connectivity index (χ2n) is 6.11. The highest BCUT2D eigenvalue weighted by Gasteiger charge is 2.23. The lowest BCUT2D eigenvalue weighted by Gasteiger charge is -2.29. The van der Waals surface area contributed by atoms with Crippen LogP contribution in [0.4, 0.5) is 0 Å². The SMILES string of the molecule is Clc1cccc(C[NH+]2CC[NH+](Cc3ccc(Br)cc3)CC2)c1. The van der Waals surface area contributed by atoms with Gasteiger partial charge in [0.05, 0.1) is 0 Å². The number of rotatable bonds is 4. The highest BCUT2D eigenvalue weighted by atomic mass is 79.9. The summed E-state index contributed by atoms with van der Waals surface area (Å²) in [5.41, 5.74) is 2.77. The molecule has 2 N–H and O–H groups in total. The Morgan fingerprint density at radius 1 is 0.818 bits per heavy atom. The number of piperazine rings is 1. The van der Waals surface area contributed by atoms with Gasteiger partial charge in [-0.15, -0.1) is 0 Å². The third kappa shape index (κ3) is 4.56. The molecule has 1 aliphatic heterocycles. The zero-order valence-electron chi connectivity index (χ0n) is 12.6. The van der Waals surface area contributed by atoms with Gasteiger partial charge in [-0.25, -0.2) is 0 Å². The zero-order valence-corrected chi connectivity index (χ0v) is 15.0. The first kappa shape index (κ1) is 16.0. The molecule has 3 rings (SSSR count). The summed E-state index contributed by atoms with van der Waals surface area (Å²) in [4.78, 5) is 3.36. The maximum absolute atomic E-state index is 6.07. The molecule has 2 nitrogen and oxygen atoms in total. The second kappa shape index (κ2) is 7.60. The Labute approximate surface area is 145 Å². The molecule has 0 saturated carbocycles. The number of nitrogens with one attached hydrogen (secondary N) is 2. The fraction of sp³-hybridized carbons (Fsp3) is 0.333. The summed E-state index contributed by atoms with van der Waals surface area (Å²) in [5.74, 6) is 0. The molecule has 0 spiro atoms. The quantitative estimate of drug-likeness (QED) is 0.796. The smallest absolute Gasteiger partial charge is 0.127 e. The first-order chi connectivity index (χ1) is 10.7. The number of halogens is 2. The topological polar surface area (TPSA) is 8.88 Å². The van der Waals surface area contributed by atoms with Crippen LogP contribution >= 0.6 is 27.5 Å². The van der Waals surface area contributed by atoms with Crippen LogP contribution in [-0.4, -0.2) is 26.2 Å². The van der Waals surface area contributed by atoms with Crippen molar-refractivity contribution in [3.8, 4) is 0 Å². The van der Waals surface area contributed by atoms with Crippen molar-refractivity contribution in [1.29, 1.82) is 0 Å². The Kier molecular flexibility index (Phi) is 5.53. The molecule has 0 aliphatic carbocycles. The summed E-state index contributed by atoms with van der Waals surface area (Å²) in [6.07, 6.45) is 0. The molecule has 1 fully saturated rings. The molecule has 1 heterocycles. The predicted molar refractivity (Wildman–Crippen MR) is 94.4 cm³/mol. The van der Waals surface area contributed by atoms with Crippen LogP contribution in [0.3, 0.4) is 0 Å². The fourth-order valence-corrected chi connectivity index (χ4v) is 3.61. The van der Waals surface area contributed by atoms with Crippen LogP contribution in [0.15, 0.2) is 53.0 Å². The maximum Gasteiger partial charge on any atom is 0.127 e. The molecule has 2 aromatic carbocycles. The van der Waals surface area contributed by atoms with Gasteiger partial charge >= 0.3 is 0 Å². The molecule has 116 valence electrons. The van der Waals surface area contributed by atoms with E-state index in [0.29, 0.717) is 0 Å². The van der Waals surface area contributed by atoms with Gasteiger partial charge in [-0.2, -0.15) is 0 Å². The molecule has 0 radical (unpaired) electrons. The molecule has 4 heteroatoms. The highest BCUT2D eigenvalue weighted by molar-refractivity contribution is 9.10. The van der Waals surface area contributed by atoms with Crippen LogP contribution in [0, 0.1) is 0 Å². The van der Waals surface area contributed by atoms with Crippen molar-refractivity contribution in [2.45, 2.75) is 13.1 Å². The molecule has 2 aromatic rings. The minimum Gasteiger partial charge on any atom is -0.322 e. The number of hydrogen-bond acceptors (Lipinski definition) is 0. The van der Waals surface area contributed by atoms with Gasteiger partial charge in [0, 0.05) is 20.6 Å². The summed E-state index contributed by atoms with van der Waals surface area (Å²) in [6.45, 7) is 7.18. The average molecular weight is 382 g/mol. The summed E-state index contributed by atoms with van der Waals surface area (Å²) >= 11 is 9.57. The van der Waals surface area contributed by atoms with Gasteiger partial charge in [-0.1, -0.05) is 51.8 Å². The lowest BCUT2D eigenvalue weighted by atomic mass is 10.1. The van der Waals surface area contributed by atoms with E-state index in [1.54, 1.807) is 9.80 Å². The van der Waals surface area contributed by atoms with Crippen LogP contribution in [0.25, 0.3) is 0 Å². The third-order valence-electron chi connectivity index (χ3n) is 4.37. The van der Waals surface area contributed by atoms with Gasteiger partial charge < -0.3 is 9.80 Å². The van der Waals surface area contributed by atoms with Gasteiger partial charge in [-0.05, 0) is 24.3 Å². The Balaban J connectivity index is 1.49. The van der Waals surface area contributed by atoms with Crippen molar-refractivity contribution >= 4 is 27.5 Å². The maximum atomic E-state index is 6.07. The molecule has 0 unspecified atom stereocenters. The van der Waals surface area contributed by atoms with Gasteiger partial charge in [0.15, 0.2) is 0 Å². The lowest BCUT2D eigenvalue weighted by molar-refractivity contribution is -1.02. The Morgan fingerprint density at radius 2 is 1.41 bits per heavy atom. The molecule has 1 aliphatic rings. The highest BCUT2D eigenvalue weighted by Crippen LogP contribution is 2.10. The number of hydrogen-bond donors (Lipinski definition) is 2. The molecular formula is C18H22BrClN2+2. The van der Waals surface area contributed by atoms with Crippen LogP contribution in [0.2, 0.25) is 5.02 Å². The Hall–Kier alpha value is -0.870. The van der Waals surface area contributed by atoms with Crippen molar-refractivity contribution in [1.82, 2.24) is 0 Å².